The van der Waals surface area contributed by atoms with E-state index in [-0.39, 0.29) is 11.7 Å². The van der Waals surface area contributed by atoms with Crippen molar-refractivity contribution in [1.29, 1.82) is 0 Å². The molecular weight excluding hydrogens is 300 g/mol. The van der Waals surface area contributed by atoms with Crippen molar-refractivity contribution in [2.24, 2.45) is 5.92 Å². The second-order valence-electron chi connectivity index (χ2n) is 6.42. The molecule has 24 heavy (non-hydrogen) atoms. The molecular formula is C20H22N2O2. The third kappa shape index (κ3) is 3.89. The van der Waals surface area contributed by atoms with E-state index >= 15 is 0 Å². The summed E-state index contributed by atoms with van der Waals surface area (Å²) < 4.78 is 0. The van der Waals surface area contributed by atoms with Gasteiger partial charge in [0.2, 0.25) is 5.91 Å². The van der Waals surface area contributed by atoms with Gasteiger partial charge in [0, 0.05) is 17.7 Å². The quantitative estimate of drug-likeness (QED) is 0.860. The Morgan fingerprint density at radius 3 is 2.50 bits per heavy atom. The molecule has 0 aromatic heterocycles. The summed E-state index contributed by atoms with van der Waals surface area (Å²) >= 11 is 0. The van der Waals surface area contributed by atoms with Gasteiger partial charge in [0.1, 0.15) is 0 Å². The number of anilines is 1. The second kappa shape index (κ2) is 7.41. The molecule has 1 aliphatic rings. The minimum atomic E-state index is -0.0821. The van der Waals surface area contributed by atoms with E-state index in [0.717, 1.165) is 19.5 Å². The van der Waals surface area contributed by atoms with Crippen LogP contribution in [-0.4, -0.2) is 36.2 Å². The van der Waals surface area contributed by atoms with Gasteiger partial charge in [0.15, 0.2) is 5.78 Å². The second-order valence-corrected chi connectivity index (χ2v) is 6.42. The average molecular weight is 322 g/mol. The molecule has 2 aromatic carbocycles. The van der Waals surface area contributed by atoms with Crippen LogP contribution in [0, 0.1) is 5.92 Å². The molecule has 0 bridgehead atoms. The zero-order valence-electron chi connectivity index (χ0n) is 13.9. The highest BCUT2D eigenvalue weighted by Crippen LogP contribution is 2.20. The molecule has 0 aliphatic carbocycles. The van der Waals surface area contributed by atoms with Crippen molar-refractivity contribution in [1.82, 2.24) is 4.90 Å². The molecule has 1 N–H and O–H groups in total. The monoisotopic (exact) mass is 322 g/mol. The number of carbonyl (C=O) groups excluding carboxylic acids is 2. The predicted octanol–water partition coefficient (Wildman–Crippen LogP) is 3.20. The summed E-state index contributed by atoms with van der Waals surface area (Å²) in [7, 11) is 0. The fourth-order valence-corrected chi connectivity index (χ4v) is 3.10. The predicted molar refractivity (Wildman–Crippen MR) is 95.2 cm³/mol. The number of nitrogens with one attached hydrogen (secondary N) is 1. The van der Waals surface area contributed by atoms with Gasteiger partial charge in [-0.05, 0) is 31.0 Å². The van der Waals surface area contributed by atoms with Crippen LogP contribution in [0.3, 0.4) is 0 Å². The minimum Gasteiger partial charge on any atom is -0.324 e. The highest BCUT2D eigenvalue weighted by Gasteiger charge is 2.21. The zero-order valence-corrected chi connectivity index (χ0v) is 13.9. The first kappa shape index (κ1) is 16.4. The maximum absolute atomic E-state index is 12.7. The first-order chi connectivity index (χ1) is 11.6. The summed E-state index contributed by atoms with van der Waals surface area (Å²) in [6.07, 6.45) is 1.14. The van der Waals surface area contributed by atoms with Gasteiger partial charge in [0.25, 0.3) is 0 Å². The first-order valence-corrected chi connectivity index (χ1v) is 8.34. The Bertz CT molecular complexity index is 727. The lowest BCUT2D eigenvalue weighted by atomic mass is 10.0. The summed E-state index contributed by atoms with van der Waals surface area (Å²) in [5.74, 6) is 0.489. The maximum Gasteiger partial charge on any atom is 0.238 e. The normalized spacial score (nSPS) is 17.6. The fourth-order valence-electron chi connectivity index (χ4n) is 3.10. The molecule has 124 valence electrons. The van der Waals surface area contributed by atoms with E-state index in [4.69, 9.17) is 0 Å². The van der Waals surface area contributed by atoms with Gasteiger partial charge in [-0.15, -0.1) is 0 Å². The fraction of sp³-hybridized carbons (Fsp3) is 0.300. The van der Waals surface area contributed by atoms with Crippen LogP contribution in [0.4, 0.5) is 5.69 Å². The number of ketones is 1. The average Bonchev–Trinajstić information content (AvgIpc) is 3.00. The molecule has 1 saturated heterocycles. The number of nitrogens with zero attached hydrogens (tertiary/aromatic N) is 1. The Morgan fingerprint density at radius 1 is 1.08 bits per heavy atom. The number of benzene rings is 2. The molecule has 1 aliphatic heterocycles. The highest BCUT2D eigenvalue weighted by atomic mass is 16.2. The Kier molecular flexibility index (Phi) is 5.06. The van der Waals surface area contributed by atoms with Crippen molar-refractivity contribution in [3.05, 3.63) is 65.7 Å². The van der Waals surface area contributed by atoms with Gasteiger partial charge in [-0.1, -0.05) is 49.4 Å². The van der Waals surface area contributed by atoms with Crippen molar-refractivity contribution in [2.75, 3.05) is 25.0 Å². The number of likely N-dealkylation sites (tertiary alicyclic amines) is 1. The van der Waals surface area contributed by atoms with Gasteiger partial charge in [-0.2, -0.15) is 0 Å². The van der Waals surface area contributed by atoms with Crippen LogP contribution in [0.25, 0.3) is 0 Å². The summed E-state index contributed by atoms with van der Waals surface area (Å²) in [6, 6.07) is 16.3. The molecule has 1 unspecified atom stereocenters. The molecule has 0 radical (unpaired) electrons. The lowest BCUT2D eigenvalue weighted by Crippen LogP contribution is -2.31. The largest absolute Gasteiger partial charge is 0.324 e. The van der Waals surface area contributed by atoms with Crippen LogP contribution in [0.1, 0.15) is 29.3 Å². The third-order valence-corrected chi connectivity index (χ3v) is 4.36. The summed E-state index contributed by atoms with van der Waals surface area (Å²) in [4.78, 5) is 27.2. The van der Waals surface area contributed by atoms with Crippen LogP contribution in [0.2, 0.25) is 0 Å². The number of para-hydroxylation sites is 1. The topological polar surface area (TPSA) is 49.4 Å². The molecule has 1 heterocycles. The standard InChI is InChI=1S/C20H22N2O2/c1-15-11-12-22(13-15)14-19(23)21-18-10-6-5-9-17(18)20(24)16-7-3-2-4-8-16/h2-10,15H,11-14H2,1H3,(H,21,23). The van der Waals surface area contributed by atoms with Gasteiger partial charge in [-0.25, -0.2) is 0 Å². The lowest BCUT2D eigenvalue weighted by molar-refractivity contribution is -0.117. The van der Waals surface area contributed by atoms with Crippen molar-refractivity contribution >= 4 is 17.4 Å². The van der Waals surface area contributed by atoms with Crippen LogP contribution in [0.15, 0.2) is 54.6 Å². The number of hydrogen-bond acceptors (Lipinski definition) is 3. The van der Waals surface area contributed by atoms with Crippen LogP contribution in [-0.2, 0) is 4.79 Å². The maximum atomic E-state index is 12.7. The number of rotatable bonds is 5. The number of amides is 1. The van der Waals surface area contributed by atoms with Crippen LogP contribution in [0.5, 0.6) is 0 Å². The Morgan fingerprint density at radius 2 is 1.79 bits per heavy atom. The van der Waals surface area contributed by atoms with E-state index < -0.39 is 0 Å². The Balaban J connectivity index is 1.72. The van der Waals surface area contributed by atoms with Crippen molar-refractivity contribution < 1.29 is 9.59 Å². The SMILES string of the molecule is CC1CCN(CC(=O)Nc2ccccc2C(=O)c2ccccc2)C1. The number of carbonyl (C=O) groups is 2. The molecule has 1 fully saturated rings. The van der Waals surface area contributed by atoms with Gasteiger partial charge >= 0.3 is 0 Å². The summed E-state index contributed by atoms with van der Waals surface area (Å²) in [5.41, 5.74) is 1.71. The van der Waals surface area contributed by atoms with E-state index in [1.165, 1.54) is 0 Å². The van der Waals surface area contributed by atoms with Crippen LogP contribution < -0.4 is 5.32 Å². The molecule has 3 rings (SSSR count). The molecule has 0 spiro atoms. The van der Waals surface area contributed by atoms with E-state index in [1.54, 1.807) is 24.3 Å². The van der Waals surface area contributed by atoms with Crippen molar-refractivity contribution in [2.45, 2.75) is 13.3 Å². The molecule has 4 heteroatoms. The highest BCUT2D eigenvalue weighted by molar-refractivity contribution is 6.13. The van der Waals surface area contributed by atoms with Gasteiger partial charge < -0.3 is 5.32 Å². The van der Waals surface area contributed by atoms with E-state index in [2.05, 4.69) is 17.1 Å². The third-order valence-electron chi connectivity index (χ3n) is 4.36. The van der Waals surface area contributed by atoms with Crippen LogP contribution >= 0.6 is 0 Å². The molecule has 0 saturated carbocycles. The number of hydrogen-bond donors (Lipinski definition) is 1. The Hall–Kier alpha value is -2.46. The minimum absolute atomic E-state index is 0.0718. The van der Waals surface area contributed by atoms with Gasteiger partial charge in [-0.3, -0.25) is 14.5 Å². The van der Waals surface area contributed by atoms with E-state index in [0.29, 0.717) is 29.3 Å². The zero-order chi connectivity index (χ0) is 16.9. The lowest BCUT2D eigenvalue weighted by Gasteiger charge is -2.16. The molecule has 2 aromatic rings. The summed E-state index contributed by atoms with van der Waals surface area (Å²) in [6.45, 7) is 4.49. The molecule has 1 atom stereocenters. The smallest absolute Gasteiger partial charge is 0.238 e. The summed E-state index contributed by atoms with van der Waals surface area (Å²) in [5, 5.41) is 2.90. The first-order valence-electron chi connectivity index (χ1n) is 8.34. The van der Waals surface area contributed by atoms with Crippen molar-refractivity contribution in [3.63, 3.8) is 0 Å². The van der Waals surface area contributed by atoms with Gasteiger partial charge in [0.05, 0.1) is 12.2 Å². The molecule has 1 amide bonds. The van der Waals surface area contributed by atoms with E-state index in [1.807, 2.05) is 30.3 Å². The van der Waals surface area contributed by atoms with E-state index in [9.17, 15) is 9.59 Å². The Labute approximate surface area is 142 Å². The molecule has 4 nitrogen and oxygen atoms in total. The van der Waals surface area contributed by atoms with Crippen molar-refractivity contribution in [3.8, 4) is 0 Å².